The molecule has 1 fully saturated rings. The molecule has 0 saturated heterocycles. The second kappa shape index (κ2) is 8.40. The van der Waals surface area contributed by atoms with E-state index in [2.05, 4.69) is 16.7 Å². The summed E-state index contributed by atoms with van der Waals surface area (Å²) >= 11 is 0. The number of hydrogen-bond acceptors (Lipinski definition) is 5. The summed E-state index contributed by atoms with van der Waals surface area (Å²) < 4.78 is 38.5. The summed E-state index contributed by atoms with van der Waals surface area (Å²) in [6.07, 6.45) is 9.46. The second-order valence-electron chi connectivity index (χ2n) is 8.85. The van der Waals surface area contributed by atoms with Gasteiger partial charge in [0.1, 0.15) is 13.2 Å². The Morgan fingerprint density at radius 2 is 1.76 bits per heavy atom. The highest BCUT2D eigenvalue weighted by Gasteiger charge is 2.44. The summed E-state index contributed by atoms with van der Waals surface area (Å²) in [5, 5.41) is 0. The summed E-state index contributed by atoms with van der Waals surface area (Å²) in [4.78, 5) is 15.4. The molecule has 7 nitrogen and oxygen atoms in total. The number of terminal acetylenes is 1. The van der Waals surface area contributed by atoms with Gasteiger partial charge in [-0.1, -0.05) is 18.8 Å². The first kappa shape index (κ1) is 21.8. The predicted octanol–water partition coefficient (Wildman–Crippen LogP) is 2.84. The van der Waals surface area contributed by atoms with E-state index in [1.54, 1.807) is 12.1 Å². The smallest absolute Gasteiger partial charge is 0.254 e. The first-order valence-corrected chi connectivity index (χ1v) is 12.7. The predicted molar refractivity (Wildman–Crippen MR) is 123 cm³/mol. The van der Waals surface area contributed by atoms with Gasteiger partial charge in [0.25, 0.3) is 5.91 Å². The summed E-state index contributed by atoms with van der Waals surface area (Å²) in [6.45, 7) is 2.10. The number of sulfonamides is 1. The number of rotatable bonds is 4. The van der Waals surface area contributed by atoms with Gasteiger partial charge >= 0.3 is 0 Å². The fourth-order valence-corrected chi connectivity index (χ4v) is 6.20. The van der Waals surface area contributed by atoms with Gasteiger partial charge in [0.05, 0.1) is 11.4 Å². The molecular formula is C25H26N2O5S. The molecule has 0 bridgehead atoms. The number of hydrogen-bond donors (Lipinski definition) is 1. The maximum atomic E-state index is 13.4. The number of fused-ring (bicyclic) bond motifs is 3. The maximum Gasteiger partial charge on any atom is 0.254 e. The normalized spacial score (nSPS) is 18.6. The average Bonchev–Trinajstić information content (AvgIpc) is 3.30. The first-order chi connectivity index (χ1) is 15.9. The lowest BCUT2D eigenvalue weighted by Gasteiger charge is -2.43. The van der Waals surface area contributed by atoms with Crippen LogP contribution < -0.4 is 14.2 Å². The van der Waals surface area contributed by atoms with Gasteiger partial charge in [-0.2, -0.15) is 4.72 Å². The van der Waals surface area contributed by atoms with Crippen molar-refractivity contribution >= 4 is 15.9 Å². The molecule has 5 rings (SSSR count). The van der Waals surface area contributed by atoms with Crippen LogP contribution in [0.1, 0.15) is 47.2 Å². The third-order valence-corrected chi connectivity index (χ3v) is 8.23. The van der Waals surface area contributed by atoms with E-state index in [1.807, 2.05) is 11.0 Å². The van der Waals surface area contributed by atoms with Gasteiger partial charge in [-0.25, -0.2) is 8.42 Å². The Hall–Kier alpha value is -3.02. The van der Waals surface area contributed by atoms with Crippen LogP contribution in [-0.4, -0.2) is 45.5 Å². The molecule has 172 valence electrons. The maximum absolute atomic E-state index is 13.4. The van der Waals surface area contributed by atoms with E-state index in [9.17, 15) is 13.2 Å². The molecule has 1 spiro atoms. The zero-order valence-corrected chi connectivity index (χ0v) is 19.1. The molecule has 2 aromatic carbocycles. The molecule has 1 N–H and O–H groups in total. The molecule has 1 aliphatic carbocycles. The Bertz CT molecular complexity index is 1220. The molecule has 0 radical (unpaired) electrons. The van der Waals surface area contributed by atoms with Crippen LogP contribution in [0.5, 0.6) is 11.5 Å². The number of nitrogens with zero attached hydrogens (tertiary/aromatic N) is 1. The zero-order chi connectivity index (χ0) is 23.1. The number of carbonyl (C=O) groups excluding carboxylic acids is 1. The molecule has 0 aromatic heterocycles. The quantitative estimate of drug-likeness (QED) is 0.701. The van der Waals surface area contributed by atoms with Gasteiger partial charge in [-0.05, 0) is 60.4 Å². The Labute approximate surface area is 194 Å². The highest BCUT2D eigenvalue weighted by molar-refractivity contribution is 7.89. The molecule has 8 heteroatoms. The molecule has 33 heavy (non-hydrogen) atoms. The molecule has 2 aromatic rings. The van der Waals surface area contributed by atoms with Crippen LogP contribution in [0, 0.1) is 12.3 Å². The fourth-order valence-electron chi connectivity index (χ4n) is 5.27. The Morgan fingerprint density at radius 1 is 1.09 bits per heavy atom. The van der Waals surface area contributed by atoms with Crippen molar-refractivity contribution in [3.05, 3.63) is 53.1 Å². The van der Waals surface area contributed by atoms with Crippen LogP contribution in [0.25, 0.3) is 0 Å². The summed E-state index contributed by atoms with van der Waals surface area (Å²) in [5.41, 5.74) is 2.74. The monoisotopic (exact) mass is 466 g/mol. The van der Waals surface area contributed by atoms with Crippen molar-refractivity contribution < 1.29 is 22.7 Å². The highest BCUT2D eigenvalue weighted by Crippen LogP contribution is 2.49. The van der Waals surface area contributed by atoms with E-state index < -0.39 is 10.0 Å². The standard InChI is InChI=1S/C25H26N2O5S/c1-2-11-26-33(29,30)20-7-5-18(6-8-20)24(28)27-16-19-14-22-23(32-13-12-31-22)15-21(19)25(17-27)9-3-4-10-25/h1,5-8,14-15,26H,3-4,9-13,16-17H2. The molecule has 0 atom stereocenters. The van der Waals surface area contributed by atoms with Gasteiger partial charge in [-0.3, -0.25) is 4.79 Å². The van der Waals surface area contributed by atoms with Crippen molar-refractivity contribution in [1.82, 2.24) is 9.62 Å². The zero-order valence-electron chi connectivity index (χ0n) is 18.3. The van der Waals surface area contributed by atoms with Gasteiger partial charge in [0.2, 0.25) is 10.0 Å². The molecule has 2 aliphatic heterocycles. The van der Waals surface area contributed by atoms with Gasteiger partial charge in [0, 0.05) is 24.1 Å². The summed E-state index contributed by atoms with van der Waals surface area (Å²) in [5.74, 6) is 3.67. The summed E-state index contributed by atoms with van der Waals surface area (Å²) in [7, 11) is -3.70. The van der Waals surface area contributed by atoms with E-state index in [0.717, 1.165) is 42.7 Å². The second-order valence-corrected chi connectivity index (χ2v) is 10.6. The molecule has 1 amide bonds. The van der Waals surface area contributed by atoms with Crippen LogP contribution in [0.2, 0.25) is 0 Å². The molecule has 3 aliphatic rings. The largest absolute Gasteiger partial charge is 0.486 e. The molecule has 2 heterocycles. The van der Waals surface area contributed by atoms with Crippen molar-refractivity contribution in [2.75, 3.05) is 26.3 Å². The van der Waals surface area contributed by atoms with E-state index >= 15 is 0 Å². The van der Waals surface area contributed by atoms with Crippen molar-refractivity contribution in [3.63, 3.8) is 0 Å². The van der Waals surface area contributed by atoms with Crippen LogP contribution in [0.3, 0.4) is 0 Å². The lowest BCUT2D eigenvalue weighted by atomic mass is 9.73. The third kappa shape index (κ3) is 3.96. The molecule has 0 unspecified atom stereocenters. The third-order valence-electron chi connectivity index (χ3n) is 6.82. The minimum absolute atomic E-state index is 0.0781. The number of amides is 1. The first-order valence-electron chi connectivity index (χ1n) is 11.2. The van der Waals surface area contributed by atoms with Crippen molar-refractivity contribution in [2.24, 2.45) is 0 Å². The van der Waals surface area contributed by atoms with Gasteiger partial charge in [-0.15, -0.1) is 6.42 Å². The van der Waals surface area contributed by atoms with Gasteiger partial charge < -0.3 is 14.4 Å². The van der Waals surface area contributed by atoms with Crippen LogP contribution in [0.15, 0.2) is 41.3 Å². The molecule has 1 saturated carbocycles. The Morgan fingerprint density at radius 3 is 2.42 bits per heavy atom. The van der Waals surface area contributed by atoms with Crippen LogP contribution in [-0.2, 0) is 22.0 Å². The number of carbonyl (C=O) groups is 1. The minimum atomic E-state index is -3.70. The van der Waals surface area contributed by atoms with E-state index in [4.69, 9.17) is 15.9 Å². The van der Waals surface area contributed by atoms with Crippen LogP contribution in [0.4, 0.5) is 0 Å². The summed E-state index contributed by atoms with van der Waals surface area (Å²) in [6, 6.07) is 10.2. The average molecular weight is 467 g/mol. The van der Waals surface area contributed by atoms with E-state index in [0.29, 0.717) is 31.9 Å². The lowest BCUT2D eigenvalue weighted by molar-refractivity contribution is 0.0669. The highest BCUT2D eigenvalue weighted by atomic mass is 32.2. The molecular weight excluding hydrogens is 440 g/mol. The topological polar surface area (TPSA) is 84.9 Å². The van der Waals surface area contributed by atoms with Crippen molar-refractivity contribution in [3.8, 4) is 23.8 Å². The Kier molecular flexibility index (Phi) is 5.55. The van der Waals surface area contributed by atoms with Crippen molar-refractivity contribution in [2.45, 2.75) is 42.5 Å². The minimum Gasteiger partial charge on any atom is -0.486 e. The van der Waals surface area contributed by atoms with E-state index in [-0.39, 0.29) is 22.8 Å². The fraction of sp³-hybridized carbons (Fsp3) is 0.400. The van der Waals surface area contributed by atoms with Crippen LogP contribution >= 0.6 is 0 Å². The number of nitrogens with one attached hydrogen (secondary N) is 1. The van der Waals surface area contributed by atoms with Crippen molar-refractivity contribution in [1.29, 1.82) is 0 Å². The lowest BCUT2D eigenvalue weighted by Crippen LogP contribution is -2.46. The van der Waals surface area contributed by atoms with Gasteiger partial charge in [0.15, 0.2) is 11.5 Å². The SMILES string of the molecule is C#CCNS(=O)(=O)c1ccc(C(=O)N2Cc3cc4c(cc3C3(CCCC3)C2)OCCO4)cc1. The number of ether oxygens (including phenoxy) is 2. The number of benzene rings is 2. The Balaban J connectivity index is 1.43. The van der Waals surface area contributed by atoms with E-state index in [1.165, 1.54) is 17.7 Å².